The molecule has 2 aromatic carbocycles. The maximum atomic E-state index is 12.2. The Morgan fingerprint density at radius 2 is 1.85 bits per heavy atom. The Labute approximate surface area is 160 Å². The number of nitrogens with zero attached hydrogens (tertiary/aromatic N) is 1. The van der Waals surface area contributed by atoms with Gasteiger partial charge in [-0.05, 0) is 41.8 Å². The molecule has 3 rings (SSSR count). The van der Waals surface area contributed by atoms with Gasteiger partial charge in [0.15, 0.2) is 11.5 Å². The fraction of sp³-hybridized carbons (Fsp3) is 0.316. The summed E-state index contributed by atoms with van der Waals surface area (Å²) in [7, 11) is 3.01. The summed E-state index contributed by atoms with van der Waals surface area (Å²) in [5.74, 6) is 2.23. The van der Waals surface area contributed by atoms with Crippen LogP contribution in [0.1, 0.15) is 11.1 Å². The minimum Gasteiger partial charge on any atom is -0.497 e. The zero-order chi connectivity index (χ0) is 18.5. The first-order valence-corrected chi connectivity index (χ1v) is 8.94. The van der Waals surface area contributed by atoms with Crippen molar-refractivity contribution >= 4 is 22.0 Å². The van der Waals surface area contributed by atoms with Gasteiger partial charge in [-0.2, -0.15) is 0 Å². The fourth-order valence-electron chi connectivity index (χ4n) is 2.72. The van der Waals surface area contributed by atoms with Crippen LogP contribution in [-0.4, -0.2) is 38.6 Å². The van der Waals surface area contributed by atoms with E-state index in [2.05, 4.69) is 15.9 Å². The van der Waals surface area contributed by atoms with E-state index in [1.165, 1.54) is 7.11 Å². The molecule has 1 aliphatic rings. The summed E-state index contributed by atoms with van der Waals surface area (Å²) < 4.78 is 21.8. The molecular weight excluding hydrogens is 402 g/mol. The molecule has 6 nitrogen and oxygen atoms in total. The lowest BCUT2D eigenvalue weighted by Crippen LogP contribution is -2.32. The fourth-order valence-corrected chi connectivity index (χ4v) is 3.24. The van der Waals surface area contributed by atoms with Gasteiger partial charge in [-0.25, -0.2) is 4.79 Å². The van der Waals surface area contributed by atoms with Gasteiger partial charge in [0.2, 0.25) is 6.79 Å². The predicted octanol–water partition coefficient (Wildman–Crippen LogP) is 4.00. The van der Waals surface area contributed by atoms with Crippen LogP contribution in [0.4, 0.5) is 4.79 Å². The highest BCUT2D eigenvalue weighted by atomic mass is 79.9. The molecule has 0 atom stereocenters. The van der Waals surface area contributed by atoms with Crippen molar-refractivity contribution in [2.24, 2.45) is 0 Å². The molecule has 0 aliphatic carbocycles. The molecular formula is C19H20BrNO5. The summed E-state index contributed by atoms with van der Waals surface area (Å²) in [6.45, 7) is 1.20. The van der Waals surface area contributed by atoms with Gasteiger partial charge >= 0.3 is 6.09 Å². The van der Waals surface area contributed by atoms with Crippen molar-refractivity contribution in [3.63, 3.8) is 0 Å². The van der Waals surface area contributed by atoms with Crippen LogP contribution < -0.4 is 14.2 Å². The molecule has 0 unspecified atom stereocenters. The summed E-state index contributed by atoms with van der Waals surface area (Å²) in [5, 5.41) is 0. The average molecular weight is 422 g/mol. The number of rotatable bonds is 6. The van der Waals surface area contributed by atoms with Crippen LogP contribution in [0.25, 0.3) is 0 Å². The molecule has 26 heavy (non-hydrogen) atoms. The zero-order valence-electron chi connectivity index (χ0n) is 14.7. The summed E-state index contributed by atoms with van der Waals surface area (Å²) in [5.41, 5.74) is 2.04. The Morgan fingerprint density at radius 1 is 1.15 bits per heavy atom. The van der Waals surface area contributed by atoms with Gasteiger partial charge in [-0.15, -0.1) is 0 Å². The number of carbonyl (C=O) groups excluding carboxylic acids is 1. The second-order valence-corrected chi connectivity index (χ2v) is 6.64. The predicted molar refractivity (Wildman–Crippen MR) is 99.8 cm³/mol. The Bertz CT molecular complexity index is 778. The molecule has 1 amide bonds. The first kappa shape index (κ1) is 18.4. The van der Waals surface area contributed by atoms with E-state index in [0.29, 0.717) is 19.5 Å². The number of carbonyl (C=O) groups is 1. The Hall–Kier alpha value is -2.41. The van der Waals surface area contributed by atoms with Gasteiger partial charge in [0.25, 0.3) is 0 Å². The van der Waals surface area contributed by atoms with E-state index in [0.717, 1.165) is 32.8 Å². The smallest absolute Gasteiger partial charge is 0.409 e. The summed E-state index contributed by atoms with van der Waals surface area (Å²) in [4.78, 5) is 13.8. The number of fused-ring (bicyclic) bond motifs is 1. The molecule has 0 bridgehead atoms. The Morgan fingerprint density at radius 3 is 2.50 bits per heavy atom. The Kier molecular flexibility index (Phi) is 5.88. The zero-order valence-corrected chi connectivity index (χ0v) is 16.2. The minimum atomic E-state index is -0.363. The molecule has 0 aromatic heterocycles. The molecule has 0 spiro atoms. The van der Waals surface area contributed by atoms with Gasteiger partial charge in [0, 0.05) is 17.6 Å². The topological polar surface area (TPSA) is 57.2 Å². The van der Waals surface area contributed by atoms with Crippen molar-refractivity contribution in [1.29, 1.82) is 0 Å². The maximum Gasteiger partial charge on any atom is 0.409 e. The van der Waals surface area contributed by atoms with Crippen molar-refractivity contribution < 1.29 is 23.7 Å². The van der Waals surface area contributed by atoms with Crippen molar-refractivity contribution in [2.45, 2.75) is 13.0 Å². The number of halogens is 1. The van der Waals surface area contributed by atoms with E-state index in [1.54, 1.807) is 12.0 Å². The molecule has 138 valence electrons. The standard InChI is InChI=1S/C19H20BrNO5/c1-23-15-5-3-13(4-6-15)11-21(19(22)24-2)8-7-14-9-17-18(10-16(14)20)26-12-25-17/h3-6,9-10H,7-8,11-12H2,1-2H3. The number of amides is 1. The summed E-state index contributed by atoms with van der Waals surface area (Å²) in [6.07, 6.45) is 0.292. The van der Waals surface area contributed by atoms with Crippen LogP contribution in [0.3, 0.4) is 0 Å². The first-order chi connectivity index (χ1) is 12.6. The van der Waals surface area contributed by atoms with E-state index >= 15 is 0 Å². The lowest BCUT2D eigenvalue weighted by molar-refractivity contribution is 0.121. The maximum absolute atomic E-state index is 12.2. The monoisotopic (exact) mass is 421 g/mol. The highest BCUT2D eigenvalue weighted by Gasteiger charge is 2.19. The molecule has 0 fully saturated rings. The van der Waals surface area contributed by atoms with E-state index in [4.69, 9.17) is 18.9 Å². The van der Waals surface area contributed by atoms with Gasteiger partial charge < -0.3 is 23.8 Å². The highest BCUT2D eigenvalue weighted by Crippen LogP contribution is 2.37. The third-order valence-electron chi connectivity index (χ3n) is 4.16. The number of methoxy groups -OCH3 is 2. The van der Waals surface area contributed by atoms with Crippen molar-refractivity contribution in [3.8, 4) is 17.2 Å². The van der Waals surface area contributed by atoms with Crippen LogP contribution in [0.15, 0.2) is 40.9 Å². The SMILES string of the molecule is COC(=O)N(CCc1cc2c(cc1Br)OCO2)Cc1ccc(OC)cc1. The van der Waals surface area contributed by atoms with Gasteiger partial charge in [-0.3, -0.25) is 0 Å². The molecule has 1 aliphatic heterocycles. The number of hydrogen-bond donors (Lipinski definition) is 0. The van der Waals surface area contributed by atoms with E-state index in [-0.39, 0.29) is 12.9 Å². The number of ether oxygens (including phenoxy) is 4. The van der Waals surface area contributed by atoms with Crippen LogP contribution in [0, 0.1) is 0 Å². The normalized spacial score (nSPS) is 12.0. The lowest BCUT2D eigenvalue weighted by atomic mass is 10.1. The Balaban J connectivity index is 1.69. The van der Waals surface area contributed by atoms with E-state index < -0.39 is 0 Å². The quantitative estimate of drug-likeness (QED) is 0.705. The summed E-state index contributed by atoms with van der Waals surface area (Å²) >= 11 is 3.55. The minimum absolute atomic E-state index is 0.233. The molecule has 0 N–H and O–H groups in total. The van der Waals surface area contributed by atoms with E-state index in [9.17, 15) is 4.79 Å². The molecule has 0 saturated carbocycles. The van der Waals surface area contributed by atoms with Crippen LogP contribution in [0.2, 0.25) is 0 Å². The third-order valence-corrected chi connectivity index (χ3v) is 4.90. The van der Waals surface area contributed by atoms with Crippen molar-refractivity contribution in [2.75, 3.05) is 27.6 Å². The third kappa shape index (κ3) is 4.22. The van der Waals surface area contributed by atoms with E-state index in [1.807, 2.05) is 36.4 Å². The van der Waals surface area contributed by atoms with Gasteiger partial charge in [0.1, 0.15) is 5.75 Å². The number of hydrogen-bond acceptors (Lipinski definition) is 5. The average Bonchev–Trinajstić information content (AvgIpc) is 3.11. The van der Waals surface area contributed by atoms with Crippen LogP contribution in [0.5, 0.6) is 17.2 Å². The lowest BCUT2D eigenvalue weighted by Gasteiger charge is -2.22. The second-order valence-electron chi connectivity index (χ2n) is 5.79. The van der Waals surface area contributed by atoms with Gasteiger partial charge in [-0.1, -0.05) is 28.1 Å². The van der Waals surface area contributed by atoms with Crippen LogP contribution >= 0.6 is 15.9 Å². The number of benzene rings is 2. The molecule has 0 radical (unpaired) electrons. The largest absolute Gasteiger partial charge is 0.497 e. The first-order valence-electron chi connectivity index (χ1n) is 8.14. The van der Waals surface area contributed by atoms with Gasteiger partial charge in [0.05, 0.1) is 14.2 Å². The molecule has 1 heterocycles. The second kappa shape index (κ2) is 8.31. The van der Waals surface area contributed by atoms with Crippen LogP contribution in [-0.2, 0) is 17.7 Å². The van der Waals surface area contributed by atoms with Crippen molar-refractivity contribution in [3.05, 3.63) is 52.0 Å². The molecule has 7 heteroatoms. The molecule has 0 saturated heterocycles. The van der Waals surface area contributed by atoms with Crippen molar-refractivity contribution in [1.82, 2.24) is 4.90 Å². The summed E-state index contributed by atoms with van der Waals surface area (Å²) in [6, 6.07) is 11.5. The highest BCUT2D eigenvalue weighted by molar-refractivity contribution is 9.10. The molecule has 2 aromatic rings.